The van der Waals surface area contributed by atoms with Crippen LogP contribution in [0, 0.1) is 0 Å². The van der Waals surface area contributed by atoms with Crippen LogP contribution in [0.25, 0.3) is 0 Å². The van der Waals surface area contributed by atoms with Gasteiger partial charge in [0.1, 0.15) is 12.6 Å². The summed E-state index contributed by atoms with van der Waals surface area (Å²) in [6.45, 7) is 3.20. The minimum atomic E-state index is -3.98. The Bertz CT molecular complexity index is 1440. The van der Waals surface area contributed by atoms with Crippen LogP contribution in [0.4, 0.5) is 5.69 Å². The summed E-state index contributed by atoms with van der Waals surface area (Å²) < 4.78 is 26.7. The van der Waals surface area contributed by atoms with E-state index < -0.39 is 28.5 Å². The van der Waals surface area contributed by atoms with E-state index >= 15 is 0 Å². The summed E-state index contributed by atoms with van der Waals surface area (Å²) in [5, 5.41) is 3.53. The summed E-state index contributed by atoms with van der Waals surface area (Å²) in [6, 6.07) is 19.8. The maximum absolute atomic E-state index is 14.1. The lowest BCUT2D eigenvalue weighted by Gasteiger charge is -2.34. The molecular formula is C29H32Cl3N3O4S. The van der Waals surface area contributed by atoms with Gasteiger partial charge in [0.2, 0.25) is 21.8 Å². The third-order valence-electron chi connectivity index (χ3n) is 6.45. The summed E-state index contributed by atoms with van der Waals surface area (Å²) in [5.41, 5.74) is 1.51. The molecule has 0 aromatic heterocycles. The Morgan fingerprint density at radius 2 is 1.52 bits per heavy atom. The Balaban J connectivity index is 2.10. The Labute approximate surface area is 251 Å². The summed E-state index contributed by atoms with van der Waals surface area (Å²) in [4.78, 5) is 29.2. The molecule has 3 aromatic rings. The fourth-order valence-electron chi connectivity index (χ4n) is 4.08. The van der Waals surface area contributed by atoms with E-state index in [-0.39, 0.29) is 40.6 Å². The van der Waals surface area contributed by atoms with E-state index in [0.717, 1.165) is 16.1 Å². The van der Waals surface area contributed by atoms with Gasteiger partial charge >= 0.3 is 0 Å². The number of carbonyl (C=O) groups excluding carboxylic acids is 2. The van der Waals surface area contributed by atoms with Gasteiger partial charge in [-0.1, -0.05) is 96.3 Å². The molecule has 0 aliphatic rings. The quantitative estimate of drug-likeness (QED) is 0.269. The molecule has 0 fully saturated rings. The first kappa shape index (κ1) is 31.7. The molecular weight excluding hydrogens is 593 g/mol. The van der Waals surface area contributed by atoms with Gasteiger partial charge in [-0.05, 0) is 42.7 Å². The minimum absolute atomic E-state index is 0.00426. The van der Waals surface area contributed by atoms with Crippen molar-refractivity contribution in [3.63, 3.8) is 0 Å². The van der Waals surface area contributed by atoms with Crippen LogP contribution in [0.2, 0.25) is 15.1 Å². The molecule has 7 nitrogen and oxygen atoms in total. The van der Waals surface area contributed by atoms with Crippen LogP contribution >= 0.6 is 34.8 Å². The van der Waals surface area contributed by atoms with Crippen LogP contribution in [-0.2, 0) is 32.6 Å². The number of amides is 2. The zero-order valence-corrected chi connectivity index (χ0v) is 25.6. The van der Waals surface area contributed by atoms with E-state index in [4.69, 9.17) is 34.8 Å². The summed E-state index contributed by atoms with van der Waals surface area (Å²) in [5.74, 6) is -0.966. The fraction of sp³-hybridized carbons (Fsp3) is 0.310. The maximum Gasteiger partial charge on any atom is 0.244 e. The number of rotatable bonds is 12. The summed E-state index contributed by atoms with van der Waals surface area (Å²) in [7, 11) is -3.98. The highest BCUT2D eigenvalue weighted by molar-refractivity contribution is 7.92. The number of nitrogens with zero attached hydrogens (tertiary/aromatic N) is 2. The Hall–Kier alpha value is -2.78. The van der Waals surface area contributed by atoms with Crippen molar-refractivity contribution in [3.05, 3.63) is 99.0 Å². The first-order valence-corrected chi connectivity index (χ1v) is 15.7. The molecule has 0 bridgehead atoms. The van der Waals surface area contributed by atoms with Crippen molar-refractivity contribution in [2.24, 2.45) is 0 Å². The number of anilines is 1. The van der Waals surface area contributed by atoms with Gasteiger partial charge in [-0.15, -0.1) is 0 Å². The first-order valence-electron chi connectivity index (χ1n) is 12.7. The predicted molar refractivity (Wildman–Crippen MR) is 162 cm³/mol. The number of nitrogens with one attached hydrogen (secondary N) is 1. The first-order chi connectivity index (χ1) is 18.9. The molecule has 214 valence electrons. The topological polar surface area (TPSA) is 86.8 Å². The van der Waals surface area contributed by atoms with Gasteiger partial charge in [-0.25, -0.2) is 8.42 Å². The molecule has 1 N–H and O–H groups in total. The lowest BCUT2D eigenvalue weighted by atomic mass is 10.0. The molecule has 0 radical (unpaired) electrons. The second-order valence-electron chi connectivity index (χ2n) is 9.48. The lowest BCUT2D eigenvalue weighted by molar-refractivity contribution is -0.140. The number of carbonyl (C=O) groups is 2. The third-order valence-corrected chi connectivity index (χ3v) is 8.75. The average molecular weight is 625 g/mol. The number of hydrogen-bond donors (Lipinski definition) is 1. The van der Waals surface area contributed by atoms with Crippen LogP contribution in [0.1, 0.15) is 31.4 Å². The Morgan fingerprint density at radius 1 is 0.900 bits per heavy atom. The van der Waals surface area contributed by atoms with E-state index in [0.29, 0.717) is 17.0 Å². The molecule has 0 saturated carbocycles. The minimum Gasteiger partial charge on any atom is -0.352 e. The van der Waals surface area contributed by atoms with E-state index in [9.17, 15) is 18.0 Å². The van der Waals surface area contributed by atoms with Gasteiger partial charge in [0.25, 0.3) is 0 Å². The molecule has 0 spiro atoms. The molecule has 2 atom stereocenters. The molecule has 3 rings (SSSR count). The molecule has 0 unspecified atom stereocenters. The molecule has 3 aromatic carbocycles. The zero-order chi connectivity index (χ0) is 29.4. The summed E-state index contributed by atoms with van der Waals surface area (Å²) in [6.07, 6.45) is 1.88. The van der Waals surface area contributed by atoms with Crippen molar-refractivity contribution in [2.75, 3.05) is 17.1 Å². The number of halogens is 3. The van der Waals surface area contributed by atoms with Crippen molar-refractivity contribution in [3.8, 4) is 0 Å². The standard InChI is InChI=1S/C29H32Cl3N3O4S/c1-4-20(2)33-29(37)26(17-21-11-6-5-7-12-21)34(18-22-13-8-9-14-23(22)30)27(36)19-35(40(3,38)39)25-16-10-15-24(31)28(25)32/h5-16,20,26H,4,17-19H2,1-3H3,(H,33,37)/t20-,26+/m1/s1. The van der Waals surface area contributed by atoms with Crippen LogP contribution in [0.3, 0.4) is 0 Å². The van der Waals surface area contributed by atoms with Gasteiger partial charge in [-0.3, -0.25) is 13.9 Å². The smallest absolute Gasteiger partial charge is 0.244 e. The SMILES string of the molecule is CC[C@@H](C)NC(=O)[C@H](Cc1ccccc1)N(Cc1ccccc1Cl)C(=O)CN(c1cccc(Cl)c1Cl)S(C)(=O)=O. The highest BCUT2D eigenvalue weighted by Crippen LogP contribution is 2.34. The van der Waals surface area contributed by atoms with Gasteiger partial charge in [0.15, 0.2) is 0 Å². The second-order valence-corrected chi connectivity index (χ2v) is 12.6. The van der Waals surface area contributed by atoms with Crippen molar-refractivity contribution in [1.82, 2.24) is 10.2 Å². The highest BCUT2D eigenvalue weighted by atomic mass is 35.5. The van der Waals surface area contributed by atoms with E-state index in [1.54, 1.807) is 30.3 Å². The van der Waals surface area contributed by atoms with Crippen LogP contribution in [0.15, 0.2) is 72.8 Å². The number of hydrogen-bond acceptors (Lipinski definition) is 4. The van der Waals surface area contributed by atoms with Gasteiger partial charge in [-0.2, -0.15) is 0 Å². The normalized spacial score (nSPS) is 12.8. The monoisotopic (exact) mass is 623 g/mol. The van der Waals surface area contributed by atoms with Crippen LogP contribution in [0.5, 0.6) is 0 Å². The molecule has 40 heavy (non-hydrogen) atoms. The Kier molecular flexibility index (Phi) is 11.3. The molecule has 0 saturated heterocycles. The van der Waals surface area contributed by atoms with Gasteiger partial charge in [0, 0.05) is 24.0 Å². The van der Waals surface area contributed by atoms with E-state index in [2.05, 4.69) is 5.32 Å². The molecule has 0 aliphatic heterocycles. The Morgan fingerprint density at radius 3 is 2.15 bits per heavy atom. The maximum atomic E-state index is 14.1. The largest absolute Gasteiger partial charge is 0.352 e. The molecule has 2 amide bonds. The number of sulfonamides is 1. The number of benzene rings is 3. The van der Waals surface area contributed by atoms with E-state index in [1.807, 2.05) is 44.2 Å². The molecule has 0 aliphatic carbocycles. The lowest BCUT2D eigenvalue weighted by Crippen LogP contribution is -2.54. The van der Waals surface area contributed by atoms with Crippen molar-refractivity contribution in [1.29, 1.82) is 0 Å². The van der Waals surface area contributed by atoms with Crippen LogP contribution in [-0.4, -0.2) is 50.0 Å². The van der Waals surface area contributed by atoms with E-state index in [1.165, 1.54) is 17.0 Å². The van der Waals surface area contributed by atoms with Gasteiger partial charge in [0.05, 0.1) is 22.0 Å². The average Bonchev–Trinajstić information content (AvgIpc) is 2.91. The zero-order valence-electron chi connectivity index (χ0n) is 22.5. The highest BCUT2D eigenvalue weighted by Gasteiger charge is 2.34. The third kappa shape index (κ3) is 8.36. The van der Waals surface area contributed by atoms with Gasteiger partial charge < -0.3 is 10.2 Å². The van der Waals surface area contributed by atoms with Crippen molar-refractivity contribution >= 4 is 62.3 Å². The van der Waals surface area contributed by atoms with Crippen LogP contribution < -0.4 is 9.62 Å². The summed E-state index contributed by atoms with van der Waals surface area (Å²) >= 11 is 19.0. The second kappa shape index (κ2) is 14.2. The van der Waals surface area contributed by atoms with Crippen molar-refractivity contribution < 1.29 is 18.0 Å². The fourth-order valence-corrected chi connectivity index (χ4v) is 5.58. The van der Waals surface area contributed by atoms with Crippen molar-refractivity contribution in [2.45, 2.75) is 45.3 Å². The predicted octanol–water partition coefficient (Wildman–Crippen LogP) is 5.97. The molecule has 11 heteroatoms. The molecule has 0 heterocycles.